The molecule has 3 heteroatoms. The molecule has 0 saturated heterocycles. The normalized spacial score (nSPS) is 18.1. The van der Waals surface area contributed by atoms with Crippen LogP contribution in [0.3, 0.4) is 0 Å². The van der Waals surface area contributed by atoms with Crippen molar-refractivity contribution in [3.63, 3.8) is 0 Å². The standard InChI is InChI=1S/C29H43NO2/c1-22(14-15-24-10-6-5-7-11-24)20-23(2)26-18-19-28(31)27(26)12-8-3-4-9-13-29(32)30-21-25-16-17-25/h5-7,10-11,22-23,25H,3-4,8-9,12-21H2,1-2H3,(H,30,32). The number of carbonyl (C=O) groups excluding carboxylic acids is 2. The minimum Gasteiger partial charge on any atom is -0.356 e. The van der Waals surface area contributed by atoms with Crippen LogP contribution in [0.4, 0.5) is 0 Å². The Kier molecular flexibility index (Phi) is 10.0. The molecular formula is C29H43NO2. The minimum absolute atomic E-state index is 0.211. The Labute approximate surface area is 195 Å². The van der Waals surface area contributed by atoms with Gasteiger partial charge in [0, 0.05) is 19.4 Å². The van der Waals surface area contributed by atoms with Gasteiger partial charge in [-0.25, -0.2) is 0 Å². The molecule has 2 unspecified atom stereocenters. The quantitative estimate of drug-likeness (QED) is 0.306. The lowest BCUT2D eigenvalue weighted by atomic mass is 9.85. The zero-order chi connectivity index (χ0) is 22.8. The molecule has 2 atom stereocenters. The highest BCUT2D eigenvalue weighted by atomic mass is 16.1. The van der Waals surface area contributed by atoms with E-state index in [1.54, 1.807) is 0 Å². The summed E-state index contributed by atoms with van der Waals surface area (Å²) in [6.45, 7) is 5.56. The molecule has 2 aliphatic carbocycles. The molecule has 0 spiro atoms. The number of benzene rings is 1. The van der Waals surface area contributed by atoms with E-state index in [1.807, 2.05) is 0 Å². The fraction of sp³-hybridized carbons (Fsp3) is 0.655. The lowest BCUT2D eigenvalue weighted by Gasteiger charge is -2.20. The number of aryl methyl sites for hydroxylation is 1. The maximum absolute atomic E-state index is 12.5. The highest BCUT2D eigenvalue weighted by molar-refractivity contribution is 5.98. The van der Waals surface area contributed by atoms with E-state index >= 15 is 0 Å². The summed E-state index contributed by atoms with van der Waals surface area (Å²) in [7, 11) is 0. The first kappa shape index (κ1) is 24.7. The fourth-order valence-electron chi connectivity index (χ4n) is 5.10. The average Bonchev–Trinajstić information content (AvgIpc) is 3.55. The number of carbonyl (C=O) groups is 2. The van der Waals surface area contributed by atoms with Crippen molar-refractivity contribution in [2.24, 2.45) is 17.8 Å². The fourth-order valence-corrected chi connectivity index (χ4v) is 5.10. The van der Waals surface area contributed by atoms with Crippen molar-refractivity contribution >= 4 is 11.7 Å². The van der Waals surface area contributed by atoms with Crippen LogP contribution < -0.4 is 5.32 Å². The van der Waals surface area contributed by atoms with E-state index in [9.17, 15) is 9.59 Å². The topological polar surface area (TPSA) is 46.2 Å². The molecule has 1 saturated carbocycles. The van der Waals surface area contributed by atoms with Gasteiger partial charge in [0.25, 0.3) is 0 Å². The molecule has 1 N–H and O–H groups in total. The number of amides is 1. The van der Waals surface area contributed by atoms with E-state index in [2.05, 4.69) is 49.5 Å². The first-order chi connectivity index (χ1) is 15.5. The first-order valence-corrected chi connectivity index (χ1v) is 13.1. The van der Waals surface area contributed by atoms with Crippen LogP contribution >= 0.6 is 0 Å². The second-order valence-corrected chi connectivity index (χ2v) is 10.4. The van der Waals surface area contributed by atoms with E-state index in [0.29, 0.717) is 30.5 Å². The predicted octanol–water partition coefficient (Wildman–Crippen LogP) is 6.81. The van der Waals surface area contributed by atoms with Crippen LogP contribution in [0.1, 0.15) is 96.5 Å². The third-order valence-corrected chi connectivity index (χ3v) is 7.33. The summed E-state index contributed by atoms with van der Waals surface area (Å²) in [4.78, 5) is 24.3. The molecule has 1 aromatic rings. The molecule has 1 amide bonds. The highest BCUT2D eigenvalue weighted by Gasteiger charge is 2.26. The van der Waals surface area contributed by atoms with Crippen LogP contribution in [-0.2, 0) is 16.0 Å². The van der Waals surface area contributed by atoms with Gasteiger partial charge in [-0.1, -0.05) is 62.6 Å². The highest BCUT2D eigenvalue weighted by Crippen LogP contribution is 2.35. The molecule has 2 aliphatic rings. The number of rotatable bonds is 15. The third-order valence-electron chi connectivity index (χ3n) is 7.33. The summed E-state index contributed by atoms with van der Waals surface area (Å²) in [5.41, 5.74) is 4.01. The maximum atomic E-state index is 12.5. The Bertz CT molecular complexity index is 763. The van der Waals surface area contributed by atoms with Gasteiger partial charge in [-0.2, -0.15) is 0 Å². The van der Waals surface area contributed by atoms with E-state index < -0.39 is 0 Å². The van der Waals surface area contributed by atoms with Gasteiger partial charge in [0.15, 0.2) is 5.78 Å². The molecule has 3 nitrogen and oxygen atoms in total. The zero-order valence-electron chi connectivity index (χ0n) is 20.3. The Morgan fingerprint density at radius 2 is 1.75 bits per heavy atom. The van der Waals surface area contributed by atoms with Crippen LogP contribution in [0.5, 0.6) is 0 Å². The molecule has 1 fully saturated rings. The maximum Gasteiger partial charge on any atom is 0.220 e. The summed E-state index contributed by atoms with van der Waals surface area (Å²) < 4.78 is 0. The van der Waals surface area contributed by atoms with Crippen LogP contribution in [0.15, 0.2) is 41.5 Å². The van der Waals surface area contributed by atoms with Crippen molar-refractivity contribution in [3.8, 4) is 0 Å². The first-order valence-electron chi connectivity index (χ1n) is 13.1. The molecule has 1 aromatic carbocycles. The molecule has 0 aliphatic heterocycles. The summed E-state index contributed by atoms with van der Waals surface area (Å²) >= 11 is 0. The SMILES string of the molecule is CC(CCc1ccccc1)CC(C)C1=C(CCCCCCC(=O)NCC2CC2)C(=O)CC1. The van der Waals surface area contributed by atoms with Gasteiger partial charge in [-0.3, -0.25) is 9.59 Å². The Hall–Kier alpha value is -1.90. The second kappa shape index (κ2) is 13.0. The van der Waals surface area contributed by atoms with Gasteiger partial charge < -0.3 is 5.32 Å². The van der Waals surface area contributed by atoms with E-state index in [4.69, 9.17) is 0 Å². The lowest BCUT2D eigenvalue weighted by Crippen LogP contribution is -2.25. The zero-order valence-corrected chi connectivity index (χ0v) is 20.3. The summed E-state index contributed by atoms with van der Waals surface area (Å²) in [5, 5.41) is 3.05. The van der Waals surface area contributed by atoms with Gasteiger partial charge in [-0.05, 0) is 86.7 Å². The minimum atomic E-state index is 0.211. The van der Waals surface area contributed by atoms with Crippen molar-refractivity contribution in [3.05, 3.63) is 47.0 Å². The molecule has 32 heavy (non-hydrogen) atoms. The third kappa shape index (κ3) is 8.56. The number of allylic oxidation sites excluding steroid dienone is 2. The molecule has 0 aromatic heterocycles. The summed E-state index contributed by atoms with van der Waals surface area (Å²) in [6, 6.07) is 10.7. The summed E-state index contributed by atoms with van der Waals surface area (Å²) in [6.07, 6.45) is 13.6. The van der Waals surface area contributed by atoms with Crippen molar-refractivity contribution in [1.82, 2.24) is 5.32 Å². The van der Waals surface area contributed by atoms with Crippen molar-refractivity contribution in [2.75, 3.05) is 6.54 Å². The predicted molar refractivity (Wildman–Crippen MR) is 132 cm³/mol. The smallest absolute Gasteiger partial charge is 0.220 e. The number of nitrogens with one attached hydrogen (secondary N) is 1. The van der Waals surface area contributed by atoms with Gasteiger partial charge in [0.05, 0.1) is 0 Å². The molecule has 0 radical (unpaired) electrons. The number of unbranched alkanes of at least 4 members (excludes halogenated alkanes) is 3. The summed E-state index contributed by atoms with van der Waals surface area (Å²) in [5.74, 6) is 2.53. The lowest BCUT2D eigenvalue weighted by molar-refractivity contribution is -0.121. The molecule has 3 rings (SSSR count). The van der Waals surface area contributed by atoms with E-state index in [1.165, 1.54) is 36.8 Å². The van der Waals surface area contributed by atoms with Crippen LogP contribution in [-0.4, -0.2) is 18.2 Å². The van der Waals surface area contributed by atoms with Gasteiger partial charge >= 0.3 is 0 Å². The number of hydrogen-bond acceptors (Lipinski definition) is 2. The average molecular weight is 438 g/mol. The molecule has 0 heterocycles. The van der Waals surface area contributed by atoms with Gasteiger partial charge in [-0.15, -0.1) is 0 Å². The molecule has 176 valence electrons. The monoisotopic (exact) mass is 437 g/mol. The van der Waals surface area contributed by atoms with Crippen LogP contribution in [0, 0.1) is 17.8 Å². The van der Waals surface area contributed by atoms with Crippen molar-refractivity contribution in [1.29, 1.82) is 0 Å². The van der Waals surface area contributed by atoms with Crippen LogP contribution in [0.25, 0.3) is 0 Å². The van der Waals surface area contributed by atoms with Crippen LogP contribution in [0.2, 0.25) is 0 Å². The Morgan fingerprint density at radius 1 is 1.00 bits per heavy atom. The number of Topliss-reactive ketones (excluding diaryl/α,β-unsaturated/α-hetero) is 1. The number of ketones is 1. The van der Waals surface area contributed by atoms with Gasteiger partial charge in [0.2, 0.25) is 5.91 Å². The Balaban J connectivity index is 1.34. The largest absolute Gasteiger partial charge is 0.356 e. The second-order valence-electron chi connectivity index (χ2n) is 10.4. The van der Waals surface area contributed by atoms with E-state index in [0.717, 1.165) is 63.0 Å². The molecular weight excluding hydrogens is 394 g/mol. The van der Waals surface area contributed by atoms with Crippen molar-refractivity contribution in [2.45, 2.75) is 97.3 Å². The Morgan fingerprint density at radius 3 is 2.50 bits per heavy atom. The molecule has 0 bridgehead atoms. The van der Waals surface area contributed by atoms with E-state index in [-0.39, 0.29) is 5.91 Å². The van der Waals surface area contributed by atoms with Gasteiger partial charge in [0.1, 0.15) is 0 Å². The number of hydrogen-bond donors (Lipinski definition) is 1. The van der Waals surface area contributed by atoms with Crippen molar-refractivity contribution < 1.29 is 9.59 Å².